The summed E-state index contributed by atoms with van der Waals surface area (Å²) in [5.74, 6) is 1.77. The Hall–Kier alpha value is -2.29. The van der Waals surface area contributed by atoms with Gasteiger partial charge in [0, 0.05) is 24.5 Å². The van der Waals surface area contributed by atoms with Crippen molar-refractivity contribution >= 4 is 11.0 Å². The lowest BCUT2D eigenvalue weighted by molar-refractivity contribution is 0.308. The maximum absolute atomic E-state index is 6.21. The van der Waals surface area contributed by atoms with E-state index in [1.54, 1.807) is 0 Å². The summed E-state index contributed by atoms with van der Waals surface area (Å²) < 4.78 is 8.63. The third-order valence-electron chi connectivity index (χ3n) is 5.07. The van der Waals surface area contributed by atoms with E-state index in [1.807, 2.05) is 12.3 Å². The predicted octanol–water partition coefficient (Wildman–Crippen LogP) is 4.95. The van der Waals surface area contributed by atoms with Crippen LogP contribution < -0.4 is 4.74 Å². The normalized spacial score (nSPS) is 14.3. The summed E-state index contributed by atoms with van der Waals surface area (Å²) in [6.07, 6.45) is 4.55. The van der Waals surface area contributed by atoms with Gasteiger partial charge < -0.3 is 9.30 Å². The van der Waals surface area contributed by atoms with Crippen LogP contribution in [0.25, 0.3) is 11.0 Å². The van der Waals surface area contributed by atoms with E-state index in [-0.39, 0.29) is 0 Å². The fourth-order valence-electron chi connectivity index (χ4n) is 3.38. The van der Waals surface area contributed by atoms with Gasteiger partial charge in [-0.05, 0) is 50.7 Å². The number of benzene rings is 1. The Labute approximate surface area is 143 Å². The zero-order valence-corrected chi connectivity index (χ0v) is 14.7. The maximum atomic E-state index is 6.21. The van der Waals surface area contributed by atoms with Crippen molar-refractivity contribution in [3.8, 4) is 5.75 Å². The van der Waals surface area contributed by atoms with Crippen molar-refractivity contribution in [2.75, 3.05) is 0 Å². The Kier molecular flexibility index (Phi) is 3.79. The van der Waals surface area contributed by atoms with Crippen LogP contribution in [0.15, 0.2) is 36.5 Å². The second-order valence-electron chi connectivity index (χ2n) is 7.05. The van der Waals surface area contributed by atoms with Crippen LogP contribution in [0.1, 0.15) is 35.2 Å². The number of aromatic nitrogens is 2. The Bertz CT molecular complexity index is 890. The van der Waals surface area contributed by atoms with Gasteiger partial charge in [-0.25, -0.2) is 0 Å². The van der Waals surface area contributed by atoms with Gasteiger partial charge in [-0.15, -0.1) is 0 Å². The molecule has 1 aliphatic carbocycles. The van der Waals surface area contributed by atoms with E-state index in [1.165, 1.54) is 35.2 Å². The topological polar surface area (TPSA) is 27.1 Å². The average Bonchev–Trinajstić information content (AvgIpc) is 3.37. The van der Waals surface area contributed by atoms with Gasteiger partial charge in [0.15, 0.2) is 0 Å². The molecule has 3 aromatic rings. The van der Waals surface area contributed by atoms with Crippen LogP contribution in [0.3, 0.4) is 0 Å². The maximum Gasteiger partial charge on any atom is 0.147 e. The lowest BCUT2D eigenvalue weighted by atomic mass is 10.1. The fraction of sp³-hybridized carbons (Fsp3) is 0.381. The Balaban J connectivity index is 1.70. The highest BCUT2D eigenvalue weighted by Crippen LogP contribution is 2.36. The molecule has 0 amide bonds. The zero-order valence-electron chi connectivity index (χ0n) is 14.7. The zero-order chi connectivity index (χ0) is 16.7. The van der Waals surface area contributed by atoms with Crippen molar-refractivity contribution in [1.82, 2.24) is 9.55 Å². The minimum atomic E-state index is 0.591. The Morgan fingerprint density at radius 1 is 1.17 bits per heavy atom. The summed E-state index contributed by atoms with van der Waals surface area (Å²) in [5.41, 5.74) is 7.29. The SMILES string of the molecule is Cc1cccc(COc2ccnc3c(C)c(C)n(CC4CC4)c23)c1. The molecule has 1 saturated carbocycles. The van der Waals surface area contributed by atoms with E-state index in [0.29, 0.717) is 6.61 Å². The molecule has 0 spiro atoms. The number of hydrogen-bond donors (Lipinski definition) is 0. The lowest BCUT2D eigenvalue weighted by Gasteiger charge is -2.12. The highest BCUT2D eigenvalue weighted by atomic mass is 16.5. The minimum absolute atomic E-state index is 0.591. The van der Waals surface area contributed by atoms with E-state index in [0.717, 1.165) is 29.2 Å². The van der Waals surface area contributed by atoms with Gasteiger partial charge in [-0.3, -0.25) is 4.98 Å². The summed E-state index contributed by atoms with van der Waals surface area (Å²) in [6, 6.07) is 10.5. The van der Waals surface area contributed by atoms with Gasteiger partial charge in [0.1, 0.15) is 17.9 Å². The third kappa shape index (κ3) is 2.79. The number of rotatable bonds is 5. The molecule has 0 radical (unpaired) electrons. The van der Waals surface area contributed by atoms with Crippen LogP contribution in [0.4, 0.5) is 0 Å². The van der Waals surface area contributed by atoms with E-state index < -0.39 is 0 Å². The molecule has 2 heterocycles. The standard InChI is InChI=1S/C21H24N2O/c1-14-5-4-6-18(11-14)13-24-19-9-10-22-20-15(2)16(3)23(21(19)20)12-17-7-8-17/h4-6,9-11,17H,7-8,12-13H2,1-3H3. The smallest absolute Gasteiger partial charge is 0.147 e. The van der Waals surface area contributed by atoms with Crippen molar-refractivity contribution in [3.05, 3.63) is 58.9 Å². The summed E-state index contributed by atoms with van der Waals surface area (Å²) in [5, 5.41) is 0. The largest absolute Gasteiger partial charge is 0.487 e. The van der Waals surface area contributed by atoms with Crippen LogP contribution in [-0.4, -0.2) is 9.55 Å². The molecule has 1 aromatic carbocycles. The van der Waals surface area contributed by atoms with Gasteiger partial charge in [-0.2, -0.15) is 0 Å². The highest BCUT2D eigenvalue weighted by molar-refractivity contribution is 5.86. The van der Waals surface area contributed by atoms with E-state index >= 15 is 0 Å². The summed E-state index contributed by atoms with van der Waals surface area (Å²) in [4.78, 5) is 4.62. The second-order valence-corrected chi connectivity index (χ2v) is 7.05. The molecule has 0 saturated heterocycles. The molecule has 1 fully saturated rings. The molecule has 0 N–H and O–H groups in total. The predicted molar refractivity (Wildman–Crippen MR) is 97.4 cm³/mol. The van der Waals surface area contributed by atoms with Crippen LogP contribution in [0.2, 0.25) is 0 Å². The number of aryl methyl sites for hydroxylation is 2. The number of ether oxygens (including phenoxy) is 1. The monoisotopic (exact) mass is 320 g/mol. The van der Waals surface area contributed by atoms with Gasteiger partial charge in [0.2, 0.25) is 0 Å². The van der Waals surface area contributed by atoms with Crippen molar-refractivity contribution in [3.63, 3.8) is 0 Å². The molecule has 0 unspecified atom stereocenters. The molecule has 3 heteroatoms. The first-order chi connectivity index (χ1) is 11.6. The molecule has 1 aliphatic rings. The molecule has 24 heavy (non-hydrogen) atoms. The van der Waals surface area contributed by atoms with Gasteiger partial charge in [0.05, 0.1) is 5.52 Å². The van der Waals surface area contributed by atoms with E-state index in [4.69, 9.17) is 4.74 Å². The molecular weight excluding hydrogens is 296 g/mol. The molecule has 124 valence electrons. The molecule has 0 aliphatic heterocycles. The summed E-state index contributed by atoms with van der Waals surface area (Å²) in [7, 11) is 0. The fourth-order valence-corrected chi connectivity index (χ4v) is 3.38. The van der Waals surface area contributed by atoms with Crippen LogP contribution in [-0.2, 0) is 13.2 Å². The average molecular weight is 320 g/mol. The molecule has 3 nitrogen and oxygen atoms in total. The Morgan fingerprint density at radius 2 is 2.00 bits per heavy atom. The summed E-state index contributed by atoms with van der Waals surface area (Å²) >= 11 is 0. The van der Waals surface area contributed by atoms with E-state index in [2.05, 4.69) is 54.6 Å². The second kappa shape index (κ2) is 5.97. The number of fused-ring (bicyclic) bond motifs is 1. The van der Waals surface area contributed by atoms with Gasteiger partial charge in [0.25, 0.3) is 0 Å². The molecule has 0 atom stereocenters. The first-order valence-electron chi connectivity index (χ1n) is 8.76. The molecule has 0 bridgehead atoms. The number of nitrogens with zero attached hydrogens (tertiary/aromatic N) is 2. The van der Waals surface area contributed by atoms with Crippen molar-refractivity contribution in [1.29, 1.82) is 0 Å². The first-order valence-corrected chi connectivity index (χ1v) is 8.76. The van der Waals surface area contributed by atoms with Gasteiger partial charge in [-0.1, -0.05) is 29.8 Å². The van der Waals surface area contributed by atoms with Crippen LogP contribution in [0, 0.1) is 26.7 Å². The number of pyridine rings is 1. The first kappa shape index (κ1) is 15.3. The lowest BCUT2D eigenvalue weighted by Crippen LogP contribution is -2.04. The molecule has 4 rings (SSSR count). The van der Waals surface area contributed by atoms with Gasteiger partial charge >= 0.3 is 0 Å². The molecular formula is C21H24N2O. The third-order valence-corrected chi connectivity index (χ3v) is 5.07. The highest BCUT2D eigenvalue weighted by Gasteiger charge is 2.25. The van der Waals surface area contributed by atoms with Crippen molar-refractivity contribution in [2.24, 2.45) is 5.92 Å². The molecule has 2 aromatic heterocycles. The minimum Gasteiger partial charge on any atom is -0.487 e. The van der Waals surface area contributed by atoms with Crippen molar-refractivity contribution in [2.45, 2.75) is 46.8 Å². The van der Waals surface area contributed by atoms with Crippen LogP contribution >= 0.6 is 0 Å². The Morgan fingerprint density at radius 3 is 2.75 bits per heavy atom. The summed E-state index contributed by atoms with van der Waals surface area (Å²) in [6.45, 7) is 8.15. The van der Waals surface area contributed by atoms with E-state index in [9.17, 15) is 0 Å². The van der Waals surface area contributed by atoms with Crippen LogP contribution in [0.5, 0.6) is 5.75 Å². The van der Waals surface area contributed by atoms with Crippen molar-refractivity contribution < 1.29 is 4.74 Å². The number of hydrogen-bond acceptors (Lipinski definition) is 2. The quantitative estimate of drug-likeness (QED) is 0.665.